The first kappa shape index (κ1) is 17.0. The van der Waals surface area contributed by atoms with Crippen molar-refractivity contribution in [1.82, 2.24) is 9.88 Å². The van der Waals surface area contributed by atoms with E-state index in [1.807, 2.05) is 37.3 Å². The van der Waals surface area contributed by atoms with Gasteiger partial charge >= 0.3 is 5.97 Å². The van der Waals surface area contributed by atoms with E-state index in [0.717, 1.165) is 28.6 Å². The highest BCUT2D eigenvalue weighted by molar-refractivity contribution is 6.03. The zero-order valence-corrected chi connectivity index (χ0v) is 15.4. The van der Waals surface area contributed by atoms with Gasteiger partial charge in [0.05, 0.1) is 18.7 Å². The van der Waals surface area contributed by atoms with Crippen LogP contribution in [-0.2, 0) is 16.0 Å². The van der Waals surface area contributed by atoms with Crippen LogP contribution in [0.3, 0.4) is 0 Å². The van der Waals surface area contributed by atoms with Crippen molar-refractivity contribution in [3.63, 3.8) is 0 Å². The standard InChI is InChI=1S/C21H24N2O3/c1-4-12-11-23(2)17-9-15-13-7-5-6-8-16(13)22-20(15)18(24)10-14(12)19(17)21(25)26-3/h4-8,14,17,19,22H,9-11H2,1-3H3/b12-4+/t14-,17-,19-/m1/s1. The fourth-order valence-corrected chi connectivity index (χ4v) is 4.76. The zero-order chi connectivity index (χ0) is 18.4. The molecule has 2 aliphatic rings. The van der Waals surface area contributed by atoms with Crippen LogP contribution in [-0.4, -0.2) is 48.4 Å². The molecule has 136 valence electrons. The summed E-state index contributed by atoms with van der Waals surface area (Å²) < 4.78 is 5.14. The van der Waals surface area contributed by atoms with Gasteiger partial charge in [0.2, 0.25) is 0 Å². The molecule has 2 bridgehead atoms. The molecule has 4 rings (SSSR count). The summed E-state index contributed by atoms with van der Waals surface area (Å²) in [5, 5.41) is 1.07. The Balaban J connectivity index is 1.91. The fourth-order valence-electron chi connectivity index (χ4n) is 4.76. The number of ether oxygens (including phenoxy) is 1. The summed E-state index contributed by atoms with van der Waals surface area (Å²) >= 11 is 0. The van der Waals surface area contributed by atoms with Gasteiger partial charge in [-0.1, -0.05) is 29.8 Å². The molecule has 3 atom stereocenters. The molecular weight excluding hydrogens is 328 g/mol. The number of ketones is 1. The Morgan fingerprint density at radius 2 is 2.08 bits per heavy atom. The number of H-pyrrole nitrogens is 1. The lowest BCUT2D eigenvalue weighted by atomic mass is 9.70. The molecule has 1 fully saturated rings. The number of Topliss-reactive ketones (excluding diaryl/α,β-unsaturated/α-hetero) is 1. The van der Waals surface area contributed by atoms with Crippen LogP contribution in [0.1, 0.15) is 29.4 Å². The molecule has 0 unspecified atom stereocenters. The summed E-state index contributed by atoms with van der Waals surface area (Å²) in [5.41, 5.74) is 3.85. The molecule has 1 aliphatic heterocycles. The Morgan fingerprint density at radius 1 is 1.31 bits per heavy atom. The summed E-state index contributed by atoms with van der Waals surface area (Å²) in [4.78, 5) is 31.3. The van der Waals surface area contributed by atoms with Crippen molar-refractivity contribution in [3.05, 3.63) is 47.2 Å². The number of benzene rings is 1. The summed E-state index contributed by atoms with van der Waals surface area (Å²) in [6.07, 6.45) is 3.05. The van der Waals surface area contributed by atoms with Crippen molar-refractivity contribution in [1.29, 1.82) is 0 Å². The van der Waals surface area contributed by atoms with Gasteiger partial charge in [-0.3, -0.25) is 14.5 Å². The van der Waals surface area contributed by atoms with E-state index in [1.54, 1.807) is 0 Å². The average molecular weight is 352 g/mol. The number of allylic oxidation sites excluding steroid dienone is 1. The first-order valence-corrected chi connectivity index (χ1v) is 9.11. The monoisotopic (exact) mass is 352 g/mol. The van der Waals surface area contributed by atoms with Gasteiger partial charge in [0.1, 0.15) is 0 Å². The predicted octanol–water partition coefficient (Wildman–Crippen LogP) is 2.96. The maximum Gasteiger partial charge on any atom is 0.310 e. The number of nitrogens with zero attached hydrogens (tertiary/aromatic N) is 1. The average Bonchev–Trinajstić information content (AvgIpc) is 3.01. The Morgan fingerprint density at radius 3 is 2.81 bits per heavy atom. The second kappa shape index (κ2) is 6.40. The molecule has 1 aromatic carbocycles. The van der Waals surface area contributed by atoms with Crippen molar-refractivity contribution in [2.24, 2.45) is 11.8 Å². The molecule has 0 spiro atoms. The minimum Gasteiger partial charge on any atom is -0.469 e. The molecular formula is C21H24N2O3. The number of rotatable bonds is 1. The van der Waals surface area contributed by atoms with Gasteiger partial charge in [-0.15, -0.1) is 0 Å². The zero-order valence-electron chi connectivity index (χ0n) is 15.4. The van der Waals surface area contributed by atoms with E-state index >= 15 is 0 Å². The first-order chi connectivity index (χ1) is 12.5. The van der Waals surface area contributed by atoms with E-state index in [0.29, 0.717) is 18.5 Å². The number of methoxy groups -OCH3 is 1. The Labute approximate surface area is 153 Å². The third-order valence-electron chi connectivity index (χ3n) is 6.08. The van der Waals surface area contributed by atoms with Crippen molar-refractivity contribution in [2.75, 3.05) is 20.7 Å². The van der Waals surface area contributed by atoms with Gasteiger partial charge in [0, 0.05) is 35.8 Å². The second-order valence-corrected chi connectivity index (χ2v) is 7.36. The number of para-hydroxylation sites is 1. The van der Waals surface area contributed by atoms with Crippen molar-refractivity contribution in [2.45, 2.75) is 25.8 Å². The van der Waals surface area contributed by atoms with Gasteiger partial charge in [-0.05, 0) is 32.0 Å². The number of aromatic amines is 1. The lowest BCUT2D eigenvalue weighted by Crippen LogP contribution is -2.54. The van der Waals surface area contributed by atoms with Crippen LogP contribution in [0.4, 0.5) is 0 Å². The van der Waals surface area contributed by atoms with E-state index in [9.17, 15) is 9.59 Å². The van der Waals surface area contributed by atoms with Gasteiger partial charge in [-0.2, -0.15) is 0 Å². The highest BCUT2D eigenvalue weighted by Gasteiger charge is 2.46. The predicted molar refractivity (Wildman–Crippen MR) is 100 cm³/mol. The van der Waals surface area contributed by atoms with E-state index in [1.165, 1.54) is 7.11 Å². The van der Waals surface area contributed by atoms with Crippen LogP contribution in [0.5, 0.6) is 0 Å². The van der Waals surface area contributed by atoms with Crippen molar-refractivity contribution >= 4 is 22.7 Å². The summed E-state index contributed by atoms with van der Waals surface area (Å²) in [5.74, 6) is -0.559. The Kier molecular flexibility index (Phi) is 4.19. The largest absolute Gasteiger partial charge is 0.469 e. The molecule has 1 N–H and O–H groups in total. The van der Waals surface area contributed by atoms with Gasteiger partial charge < -0.3 is 9.72 Å². The van der Waals surface area contributed by atoms with Crippen molar-refractivity contribution < 1.29 is 14.3 Å². The SMILES string of the molecule is C/C=C1\CN(C)[C@@H]2Cc3c([nH]c4ccccc34)C(=O)C[C@H]1[C@H]2C(=O)OC. The molecule has 5 nitrogen and oxygen atoms in total. The smallest absolute Gasteiger partial charge is 0.310 e. The third kappa shape index (κ3) is 2.50. The van der Waals surface area contributed by atoms with Crippen LogP contribution in [0, 0.1) is 11.8 Å². The number of carbonyl (C=O) groups excluding carboxylic acids is 2. The normalized spacial score (nSPS) is 27.9. The van der Waals surface area contributed by atoms with Crippen LogP contribution in [0.25, 0.3) is 10.9 Å². The Hall–Kier alpha value is -2.40. The van der Waals surface area contributed by atoms with E-state index in [2.05, 4.69) is 16.9 Å². The number of aromatic nitrogens is 1. The number of carbonyl (C=O) groups is 2. The number of piperidine rings is 1. The van der Waals surface area contributed by atoms with E-state index in [4.69, 9.17) is 4.74 Å². The highest BCUT2D eigenvalue weighted by atomic mass is 16.5. The number of likely N-dealkylation sites (tertiary alicyclic amines) is 1. The molecule has 26 heavy (non-hydrogen) atoms. The molecule has 1 saturated heterocycles. The second-order valence-electron chi connectivity index (χ2n) is 7.36. The first-order valence-electron chi connectivity index (χ1n) is 9.11. The summed E-state index contributed by atoms with van der Waals surface area (Å²) in [6.45, 7) is 2.76. The molecule has 1 aliphatic carbocycles. The topological polar surface area (TPSA) is 62.4 Å². The minimum absolute atomic E-state index is 0.0159. The summed E-state index contributed by atoms with van der Waals surface area (Å²) in [6, 6.07) is 8.02. The number of nitrogens with one attached hydrogen (secondary N) is 1. The van der Waals surface area contributed by atoms with Crippen LogP contribution < -0.4 is 0 Å². The molecule has 2 aromatic rings. The number of likely N-dealkylation sites (N-methyl/N-ethyl adjacent to an activating group) is 1. The Bertz CT molecular complexity index is 911. The van der Waals surface area contributed by atoms with Crippen LogP contribution in [0.15, 0.2) is 35.9 Å². The quantitative estimate of drug-likeness (QED) is 0.633. The lowest BCUT2D eigenvalue weighted by Gasteiger charge is -2.45. The lowest BCUT2D eigenvalue weighted by molar-refractivity contribution is -0.150. The maximum absolute atomic E-state index is 13.1. The molecule has 2 heterocycles. The minimum atomic E-state index is -0.323. The molecule has 0 saturated carbocycles. The third-order valence-corrected chi connectivity index (χ3v) is 6.08. The van der Waals surface area contributed by atoms with Gasteiger partial charge in [-0.25, -0.2) is 0 Å². The van der Waals surface area contributed by atoms with E-state index in [-0.39, 0.29) is 29.6 Å². The van der Waals surface area contributed by atoms with Crippen LogP contribution in [0.2, 0.25) is 0 Å². The van der Waals surface area contributed by atoms with E-state index < -0.39 is 0 Å². The van der Waals surface area contributed by atoms with Crippen molar-refractivity contribution in [3.8, 4) is 0 Å². The number of esters is 1. The molecule has 1 aromatic heterocycles. The summed E-state index contributed by atoms with van der Waals surface area (Å²) in [7, 11) is 3.49. The van der Waals surface area contributed by atoms with Crippen LogP contribution >= 0.6 is 0 Å². The number of fused-ring (bicyclic) bond motifs is 5. The molecule has 5 heteroatoms. The van der Waals surface area contributed by atoms with Gasteiger partial charge in [0.25, 0.3) is 0 Å². The molecule has 0 amide bonds. The number of hydrogen-bond acceptors (Lipinski definition) is 4. The fraction of sp³-hybridized carbons (Fsp3) is 0.429. The highest BCUT2D eigenvalue weighted by Crippen LogP contribution is 2.41. The maximum atomic E-state index is 13.1. The van der Waals surface area contributed by atoms with Gasteiger partial charge in [0.15, 0.2) is 5.78 Å². The molecule has 0 radical (unpaired) electrons. The number of hydrogen-bond donors (Lipinski definition) is 1.